The molecule has 1 saturated heterocycles. The third kappa shape index (κ3) is 2.83. The maximum atomic E-state index is 4.57. The van der Waals surface area contributed by atoms with Crippen molar-refractivity contribution < 1.29 is 0 Å². The van der Waals surface area contributed by atoms with Crippen molar-refractivity contribution in [1.82, 2.24) is 9.97 Å². The van der Waals surface area contributed by atoms with Gasteiger partial charge in [-0.1, -0.05) is 0 Å². The lowest BCUT2D eigenvalue weighted by atomic mass is 10.1. The lowest BCUT2D eigenvalue weighted by molar-refractivity contribution is 0.640. The average Bonchev–Trinajstić information content (AvgIpc) is 2.28. The molecule has 1 aromatic rings. The van der Waals surface area contributed by atoms with Gasteiger partial charge in [0.1, 0.15) is 5.82 Å². The first-order valence-corrected chi connectivity index (χ1v) is 6.91. The Morgan fingerprint density at radius 2 is 2.24 bits per heavy atom. The fourth-order valence-electron chi connectivity index (χ4n) is 2.07. The van der Waals surface area contributed by atoms with Crippen LogP contribution in [-0.4, -0.2) is 40.6 Å². The second kappa shape index (κ2) is 4.72. The van der Waals surface area contributed by atoms with Gasteiger partial charge in [-0.25, -0.2) is 4.98 Å². The van der Waals surface area contributed by atoms with Crippen LogP contribution < -0.4 is 10.2 Å². The van der Waals surface area contributed by atoms with Crippen LogP contribution in [0.4, 0.5) is 11.8 Å². The highest BCUT2D eigenvalue weighted by molar-refractivity contribution is 8.00. The van der Waals surface area contributed by atoms with E-state index in [9.17, 15) is 0 Å². The van der Waals surface area contributed by atoms with Gasteiger partial charge in [0.15, 0.2) is 0 Å². The minimum atomic E-state index is 0.301. The Hall–Kier alpha value is -0.970. The van der Waals surface area contributed by atoms with Crippen LogP contribution >= 0.6 is 11.8 Å². The standard InChI is InChI=1S/C12H20N4S/c1-9-7-14-11(13-4)15-10(9)16-5-6-17-12(2,3)8-16/h7H,5-6,8H2,1-4H3,(H,13,14,15). The summed E-state index contributed by atoms with van der Waals surface area (Å²) in [4.78, 5) is 11.2. The molecule has 1 aliphatic heterocycles. The summed E-state index contributed by atoms with van der Waals surface area (Å²) in [6.45, 7) is 8.76. The lowest BCUT2D eigenvalue weighted by Crippen LogP contribution is -2.43. The number of anilines is 2. The summed E-state index contributed by atoms with van der Waals surface area (Å²) in [6.07, 6.45) is 1.89. The van der Waals surface area contributed by atoms with Gasteiger partial charge in [-0.3, -0.25) is 0 Å². The van der Waals surface area contributed by atoms with E-state index in [1.54, 1.807) is 0 Å². The van der Waals surface area contributed by atoms with E-state index < -0.39 is 0 Å². The second-order valence-electron chi connectivity index (χ2n) is 4.98. The van der Waals surface area contributed by atoms with Gasteiger partial charge in [-0.2, -0.15) is 16.7 Å². The van der Waals surface area contributed by atoms with Crippen molar-refractivity contribution in [2.45, 2.75) is 25.5 Å². The highest BCUT2D eigenvalue weighted by atomic mass is 32.2. The Balaban J connectivity index is 2.26. The molecule has 0 amide bonds. The molecule has 0 aliphatic carbocycles. The van der Waals surface area contributed by atoms with E-state index in [0.717, 1.165) is 30.2 Å². The van der Waals surface area contributed by atoms with Gasteiger partial charge in [-0.15, -0.1) is 0 Å². The largest absolute Gasteiger partial charge is 0.357 e. The summed E-state index contributed by atoms with van der Waals surface area (Å²) in [5.74, 6) is 2.92. The van der Waals surface area contributed by atoms with E-state index in [0.29, 0.717) is 10.7 Å². The van der Waals surface area contributed by atoms with Crippen molar-refractivity contribution in [3.63, 3.8) is 0 Å². The van der Waals surface area contributed by atoms with Crippen LogP contribution in [0.3, 0.4) is 0 Å². The van der Waals surface area contributed by atoms with Gasteiger partial charge < -0.3 is 10.2 Å². The molecule has 2 heterocycles. The third-order valence-electron chi connectivity index (χ3n) is 2.89. The molecular formula is C12H20N4S. The summed E-state index contributed by atoms with van der Waals surface area (Å²) in [7, 11) is 1.85. The molecule has 0 saturated carbocycles. The van der Waals surface area contributed by atoms with Gasteiger partial charge in [-0.05, 0) is 20.8 Å². The zero-order valence-corrected chi connectivity index (χ0v) is 11.8. The van der Waals surface area contributed by atoms with E-state index in [2.05, 4.69) is 41.0 Å². The molecule has 1 aromatic heterocycles. The molecule has 0 spiro atoms. The topological polar surface area (TPSA) is 41.1 Å². The van der Waals surface area contributed by atoms with Gasteiger partial charge in [0.05, 0.1) is 0 Å². The summed E-state index contributed by atoms with van der Waals surface area (Å²) in [6, 6.07) is 0. The number of aromatic nitrogens is 2. The normalized spacial score (nSPS) is 19.2. The van der Waals surface area contributed by atoms with Gasteiger partial charge in [0.25, 0.3) is 0 Å². The van der Waals surface area contributed by atoms with Gasteiger partial charge in [0, 0.05) is 42.4 Å². The quantitative estimate of drug-likeness (QED) is 0.873. The van der Waals surface area contributed by atoms with Crippen LogP contribution in [0.1, 0.15) is 19.4 Å². The smallest absolute Gasteiger partial charge is 0.224 e. The lowest BCUT2D eigenvalue weighted by Gasteiger charge is -2.38. The first-order chi connectivity index (χ1) is 8.02. The Bertz CT molecular complexity index is 405. The molecule has 0 radical (unpaired) electrons. The van der Waals surface area contributed by atoms with Crippen molar-refractivity contribution in [2.24, 2.45) is 0 Å². The first kappa shape index (κ1) is 12.5. The van der Waals surface area contributed by atoms with Gasteiger partial charge >= 0.3 is 0 Å². The average molecular weight is 252 g/mol. The van der Waals surface area contributed by atoms with Crippen LogP contribution in [-0.2, 0) is 0 Å². The van der Waals surface area contributed by atoms with Crippen LogP contribution in [0.2, 0.25) is 0 Å². The minimum Gasteiger partial charge on any atom is -0.357 e. The molecular weight excluding hydrogens is 232 g/mol. The second-order valence-corrected chi connectivity index (χ2v) is 6.78. The highest BCUT2D eigenvalue weighted by Gasteiger charge is 2.28. The number of hydrogen-bond donors (Lipinski definition) is 1. The predicted molar refractivity (Wildman–Crippen MR) is 75.1 cm³/mol. The minimum absolute atomic E-state index is 0.301. The molecule has 4 nitrogen and oxygen atoms in total. The van der Waals surface area contributed by atoms with Crippen molar-refractivity contribution >= 4 is 23.5 Å². The van der Waals surface area contributed by atoms with E-state index >= 15 is 0 Å². The number of nitrogens with one attached hydrogen (secondary N) is 1. The van der Waals surface area contributed by atoms with Crippen molar-refractivity contribution in [2.75, 3.05) is 36.1 Å². The maximum Gasteiger partial charge on any atom is 0.224 e. The molecule has 1 N–H and O–H groups in total. The SMILES string of the molecule is CNc1ncc(C)c(N2CCSC(C)(C)C2)n1. The molecule has 2 rings (SSSR count). The number of thioether (sulfide) groups is 1. The Morgan fingerprint density at radius 3 is 2.88 bits per heavy atom. The Morgan fingerprint density at radius 1 is 1.47 bits per heavy atom. The van der Waals surface area contributed by atoms with Crippen LogP contribution in [0.15, 0.2) is 6.20 Å². The van der Waals surface area contributed by atoms with Crippen LogP contribution in [0.5, 0.6) is 0 Å². The van der Waals surface area contributed by atoms with E-state index in [1.807, 2.05) is 25.0 Å². The fraction of sp³-hybridized carbons (Fsp3) is 0.667. The maximum absolute atomic E-state index is 4.57. The Labute approximate surface area is 107 Å². The number of hydrogen-bond acceptors (Lipinski definition) is 5. The molecule has 5 heteroatoms. The monoisotopic (exact) mass is 252 g/mol. The molecule has 1 aliphatic rings. The van der Waals surface area contributed by atoms with Crippen molar-refractivity contribution in [3.05, 3.63) is 11.8 Å². The molecule has 0 atom stereocenters. The van der Waals surface area contributed by atoms with E-state index in [4.69, 9.17) is 0 Å². The predicted octanol–water partition coefficient (Wildman–Crippen LogP) is 2.16. The zero-order chi connectivity index (χ0) is 12.5. The van der Waals surface area contributed by atoms with Crippen LogP contribution in [0.25, 0.3) is 0 Å². The molecule has 0 bridgehead atoms. The molecule has 1 fully saturated rings. The summed E-state index contributed by atoms with van der Waals surface area (Å²) in [5.41, 5.74) is 1.15. The third-order valence-corrected chi connectivity index (χ3v) is 4.19. The first-order valence-electron chi connectivity index (χ1n) is 5.92. The highest BCUT2D eigenvalue weighted by Crippen LogP contribution is 2.32. The Kier molecular flexibility index (Phi) is 3.47. The molecule has 17 heavy (non-hydrogen) atoms. The summed E-state index contributed by atoms with van der Waals surface area (Å²) < 4.78 is 0.301. The molecule has 0 aromatic carbocycles. The fourth-order valence-corrected chi connectivity index (χ4v) is 3.18. The van der Waals surface area contributed by atoms with Crippen molar-refractivity contribution in [3.8, 4) is 0 Å². The summed E-state index contributed by atoms with van der Waals surface area (Å²) >= 11 is 2.03. The van der Waals surface area contributed by atoms with E-state index in [1.165, 1.54) is 0 Å². The number of aryl methyl sites for hydroxylation is 1. The van der Waals surface area contributed by atoms with Gasteiger partial charge in [0.2, 0.25) is 5.95 Å². The molecule has 94 valence electrons. The number of nitrogens with zero attached hydrogens (tertiary/aromatic N) is 3. The van der Waals surface area contributed by atoms with Crippen molar-refractivity contribution in [1.29, 1.82) is 0 Å². The van der Waals surface area contributed by atoms with Crippen LogP contribution in [0, 0.1) is 6.92 Å². The van der Waals surface area contributed by atoms with E-state index in [-0.39, 0.29) is 0 Å². The zero-order valence-electron chi connectivity index (χ0n) is 10.9. The molecule has 0 unspecified atom stereocenters. The summed E-state index contributed by atoms with van der Waals surface area (Å²) in [5, 5.41) is 3.00. The number of rotatable bonds is 2.